The molecule has 0 aliphatic heterocycles. The van der Waals surface area contributed by atoms with Crippen molar-refractivity contribution < 1.29 is 4.74 Å². The maximum absolute atomic E-state index is 6.11. The molecule has 0 N–H and O–H groups in total. The summed E-state index contributed by atoms with van der Waals surface area (Å²) in [6.07, 6.45) is 5.45. The molecule has 0 heterocycles. The first-order valence-corrected chi connectivity index (χ1v) is 7.35. The first kappa shape index (κ1) is 13.5. The lowest BCUT2D eigenvalue weighted by atomic mass is 9.75. The van der Waals surface area contributed by atoms with Gasteiger partial charge in [-0.05, 0) is 51.4 Å². The average molecular weight is 277 g/mol. The number of alkyl halides is 1. The van der Waals surface area contributed by atoms with E-state index in [9.17, 15) is 0 Å². The zero-order valence-electron chi connectivity index (χ0n) is 10.6. The molecular formula is C13H25BrO. The zero-order valence-corrected chi connectivity index (χ0v) is 12.1. The van der Waals surface area contributed by atoms with Crippen LogP contribution in [0.15, 0.2) is 0 Å². The summed E-state index contributed by atoms with van der Waals surface area (Å²) in [5, 5.41) is 0.989. The molecule has 1 fully saturated rings. The molecule has 1 nitrogen and oxygen atoms in total. The van der Waals surface area contributed by atoms with Crippen molar-refractivity contribution in [3.8, 4) is 0 Å². The number of hydrogen-bond donors (Lipinski definition) is 0. The highest BCUT2D eigenvalue weighted by Gasteiger charge is 2.36. The first-order valence-electron chi connectivity index (χ1n) is 6.23. The quantitative estimate of drug-likeness (QED) is 0.692. The van der Waals surface area contributed by atoms with Crippen LogP contribution in [0.4, 0.5) is 0 Å². The van der Waals surface area contributed by atoms with Crippen molar-refractivity contribution in [2.75, 3.05) is 5.33 Å². The van der Waals surface area contributed by atoms with Crippen molar-refractivity contribution in [1.29, 1.82) is 0 Å². The molecule has 2 heteroatoms. The van der Waals surface area contributed by atoms with E-state index in [0.29, 0.717) is 6.10 Å². The van der Waals surface area contributed by atoms with Crippen molar-refractivity contribution >= 4 is 15.9 Å². The van der Waals surface area contributed by atoms with Gasteiger partial charge >= 0.3 is 0 Å². The second-order valence-electron chi connectivity index (χ2n) is 5.56. The Labute approximate surface area is 103 Å². The van der Waals surface area contributed by atoms with Gasteiger partial charge < -0.3 is 4.74 Å². The van der Waals surface area contributed by atoms with Crippen LogP contribution in [-0.4, -0.2) is 17.0 Å². The Balaban J connectivity index is 2.50. The van der Waals surface area contributed by atoms with Crippen LogP contribution in [0.1, 0.15) is 53.4 Å². The number of ether oxygens (including phenoxy) is 1. The largest absolute Gasteiger partial charge is 0.371 e. The number of rotatable bonds is 4. The normalized spacial score (nSPS) is 32.6. The Morgan fingerprint density at radius 1 is 1.20 bits per heavy atom. The maximum Gasteiger partial charge on any atom is 0.0782 e. The fourth-order valence-corrected chi connectivity index (χ4v) is 3.31. The highest BCUT2D eigenvalue weighted by molar-refractivity contribution is 9.09. The van der Waals surface area contributed by atoms with E-state index in [4.69, 9.17) is 4.74 Å². The molecule has 0 spiro atoms. The summed E-state index contributed by atoms with van der Waals surface area (Å²) in [4.78, 5) is 0. The Bertz CT molecular complexity index is 181. The molecule has 15 heavy (non-hydrogen) atoms. The van der Waals surface area contributed by atoms with Gasteiger partial charge in [0, 0.05) is 5.33 Å². The minimum atomic E-state index is 0.125. The maximum atomic E-state index is 6.11. The molecule has 1 aliphatic rings. The molecule has 0 atom stereocenters. The van der Waals surface area contributed by atoms with E-state index in [0.717, 1.165) is 17.2 Å². The average Bonchev–Trinajstić information content (AvgIpc) is 2.17. The molecule has 90 valence electrons. The van der Waals surface area contributed by atoms with Gasteiger partial charge in [0.1, 0.15) is 0 Å². The number of halogens is 1. The van der Waals surface area contributed by atoms with Gasteiger partial charge in [0.05, 0.1) is 11.7 Å². The monoisotopic (exact) mass is 276 g/mol. The van der Waals surface area contributed by atoms with Gasteiger partial charge in [0.15, 0.2) is 0 Å². The summed E-state index contributed by atoms with van der Waals surface area (Å²) in [6.45, 7) is 8.96. The van der Waals surface area contributed by atoms with Crippen molar-refractivity contribution in [2.24, 2.45) is 11.8 Å². The van der Waals surface area contributed by atoms with E-state index in [1.807, 2.05) is 0 Å². The van der Waals surface area contributed by atoms with Gasteiger partial charge in [-0.15, -0.1) is 0 Å². The topological polar surface area (TPSA) is 9.23 Å². The second-order valence-corrected chi connectivity index (χ2v) is 6.13. The summed E-state index contributed by atoms with van der Waals surface area (Å²) >= 11 is 3.63. The van der Waals surface area contributed by atoms with Crippen LogP contribution < -0.4 is 0 Å². The molecule has 0 saturated heterocycles. The standard InChI is InChI=1S/C13H25BrO/c1-10(2)12-5-7-13(9-14,8-6-12)15-11(3)4/h10-12H,5-9H2,1-4H3. The van der Waals surface area contributed by atoms with Crippen LogP contribution in [0.25, 0.3) is 0 Å². The predicted octanol–water partition coefficient (Wildman–Crippen LogP) is 4.39. The molecule has 1 saturated carbocycles. The summed E-state index contributed by atoms with van der Waals surface area (Å²) in [5.74, 6) is 1.74. The summed E-state index contributed by atoms with van der Waals surface area (Å²) in [7, 11) is 0. The van der Waals surface area contributed by atoms with Gasteiger partial charge in [-0.3, -0.25) is 0 Å². The van der Waals surface area contributed by atoms with Gasteiger partial charge in [-0.1, -0.05) is 29.8 Å². The Morgan fingerprint density at radius 2 is 1.73 bits per heavy atom. The minimum absolute atomic E-state index is 0.125. The van der Waals surface area contributed by atoms with Gasteiger partial charge in [-0.25, -0.2) is 0 Å². The van der Waals surface area contributed by atoms with Crippen molar-refractivity contribution in [3.05, 3.63) is 0 Å². The smallest absolute Gasteiger partial charge is 0.0782 e. The molecule has 0 bridgehead atoms. The zero-order chi connectivity index (χ0) is 11.5. The number of hydrogen-bond acceptors (Lipinski definition) is 1. The lowest BCUT2D eigenvalue weighted by Crippen LogP contribution is -2.41. The van der Waals surface area contributed by atoms with E-state index >= 15 is 0 Å². The third-order valence-electron chi connectivity index (χ3n) is 3.61. The molecule has 0 radical (unpaired) electrons. The van der Waals surface area contributed by atoms with Crippen LogP contribution in [0, 0.1) is 11.8 Å². The molecular weight excluding hydrogens is 252 g/mol. The van der Waals surface area contributed by atoms with Crippen LogP contribution in [0.3, 0.4) is 0 Å². The van der Waals surface area contributed by atoms with Gasteiger partial charge in [0.25, 0.3) is 0 Å². The molecule has 0 aromatic rings. The van der Waals surface area contributed by atoms with Crippen LogP contribution in [0.2, 0.25) is 0 Å². The fraction of sp³-hybridized carbons (Fsp3) is 1.00. The third kappa shape index (κ3) is 3.74. The summed E-state index contributed by atoms with van der Waals surface area (Å²) in [6, 6.07) is 0. The van der Waals surface area contributed by atoms with E-state index in [-0.39, 0.29) is 5.60 Å². The molecule has 1 rings (SSSR count). The lowest BCUT2D eigenvalue weighted by molar-refractivity contribution is -0.0935. The van der Waals surface area contributed by atoms with Gasteiger partial charge in [-0.2, -0.15) is 0 Å². The lowest BCUT2D eigenvalue weighted by Gasteiger charge is -2.41. The van der Waals surface area contributed by atoms with Crippen LogP contribution in [-0.2, 0) is 4.74 Å². The van der Waals surface area contributed by atoms with E-state index < -0.39 is 0 Å². The first-order chi connectivity index (χ1) is 6.99. The Hall–Kier alpha value is 0.440. The van der Waals surface area contributed by atoms with Crippen molar-refractivity contribution in [3.63, 3.8) is 0 Å². The molecule has 0 unspecified atom stereocenters. The SMILES string of the molecule is CC(C)OC1(CBr)CCC(C(C)C)CC1. The molecule has 1 aliphatic carbocycles. The molecule has 0 aromatic carbocycles. The highest BCUT2D eigenvalue weighted by Crippen LogP contribution is 2.39. The van der Waals surface area contributed by atoms with Crippen LogP contribution >= 0.6 is 15.9 Å². The minimum Gasteiger partial charge on any atom is -0.371 e. The molecule has 0 amide bonds. The van der Waals surface area contributed by atoms with E-state index in [1.165, 1.54) is 25.7 Å². The highest BCUT2D eigenvalue weighted by atomic mass is 79.9. The van der Waals surface area contributed by atoms with Gasteiger partial charge in [0.2, 0.25) is 0 Å². The van der Waals surface area contributed by atoms with Crippen LogP contribution in [0.5, 0.6) is 0 Å². The predicted molar refractivity (Wildman–Crippen MR) is 69.5 cm³/mol. The van der Waals surface area contributed by atoms with E-state index in [2.05, 4.69) is 43.6 Å². The summed E-state index contributed by atoms with van der Waals surface area (Å²) < 4.78 is 6.11. The second kappa shape index (κ2) is 5.67. The molecule has 0 aromatic heterocycles. The fourth-order valence-electron chi connectivity index (χ4n) is 2.62. The Kier molecular flexibility index (Phi) is 5.11. The van der Waals surface area contributed by atoms with E-state index in [1.54, 1.807) is 0 Å². The summed E-state index contributed by atoms with van der Waals surface area (Å²) in [5.41, 5.74) is 0.125. The Morgan fingerprint density at radius 3 is 2.07 bits per heavy atom. The third-order valence-corrected chi connectivity index (χ3v) is 4.64. The van der Waals surface area contributed by atoms with Crippen molar-refractivity contribution in [2.45, 2.75) is 65.1 Å². The van der Waals surface area contributed by atoms with Crippen molar-refractivity contribution in [1.82, 2.24) is 0 Å².